The molecule has 1 aromatic carbocycles. The van der Waals surface area contributed by atoms with E-state index in [1.807, 2.05) is 24.3 Å². The molecule has 3 rings (SSSR count). The van der Waals surface area contributed by atoms with Crippen LogP contribution in [0.15, 0.2) is 46.0 Å². The Morgan fingerprint density at radius 1 is 1.30 bits per heavy atom. The molecule has 0 radical (unpaired) electrons. The van der Waals surface area contributed by atoms with Gasteiger partial charge in [0.1, 0.15) is 16.1 Å². The molecular weight excluding hydrogens is 332 g/mol. The van der Waals surface area contributed by atoms with E-state index in [-0.39, 0.29) is 6.10 Å². The topological polar surface area (TPSA) is 49.9 Å². The third-order valence-corrected chi connectivity index (χ3v) is 7.12. The average Bonchev–Trinajstić information content (AvgIpc) is 3.09. The lowest BCUT2D eigenvalue weighted by Gasteiger charge is -2.36. The van der Waals surface area contributed by atoms with E-state index in [2.05, 4.69) is 11.8 Å². The molecule has 0 bridgehead atoms. The summed E-state index contributed by atoms with van der Waals surface area (Å²) in [5.41, 5.74) is 1.06. The predicted octanol–water partition coefficient (Wildman–Crippen LogP) is 2.66. The van der Waals surface area contributed by atoms with E-state index in [1.165, 1.54) is 15.6 Å². The Kier molecular flexibility index (Phi) is 4.61. The fourth-order valence-corrected chi connectivity index (χ4v) is 5.13. The highest BCUT2D eigenvalue weighted by atomic mass is 32.2. The normalized spacial score (nSPS) is 17.9. The van der Waals surface area contributed by atoms with Gasteiger partial charge in [-0.15, -0.1) is 11.3 Å². The summed E-state index contributed by atoms with van der Waals surface area (Å²) < 4.78 is 32.8. The van der Waals surface area contributed by atoms with Crippen LogP contribution in [0.2, 0.25) is 0 Å². The molecule has 0 spiro atoms. The molecule has 1 aliphatic rings. The highest BCUT2D eigenvalue weighted by Crippen LogP contribution is 2.33. The second-order valence-corrected chi connectivity index (χ2v) is 8.68. The molecule has 1 atom stereocenters. The van der Waals surface area contributed by atoms with Crippen molar-refractivity contribution in [3.63, 3.8) is 0 Å². The molecule has 0 amide bonds. The van der Waals surface area contributed by atoms with E-state index in [9.17, 15) is 8.42 Å². The second-order valence-electron chi connectivity index (χ2n) is 5.46. The molecule has 0 saturated carbocycles. The van der Waals surface area contributed by atoms with Gasteiger partial charge >= 0.3 is 0 Å². The number of benzene rings is 1. The van der Waals surface area contributed by atoms with Crippen molar-refractivity contribution < 1.29 is 13.2 Å². The summed E-state index contributed by atoms with van der Waals surface area (Å²) in [5, 5.41) is 1.77. The molecule has 7 heteroatoms. The van der Waals surface area contributed by atoms with Crippen LogP contribution < -0.4 is 9.64 Å². The molecule has 0 N–H and O–H groups in total. The molecule has 0 unspecified atom stereocenters. The SMILES string of the molecule is CCN1C[C@H](CN(C)S(=O)(=O)c2cccs2)Oc2ccccc21. The Morgan fingerprint density at radius 2 is 2.09 bits per heavy atom. The number of rotatable bonds is 5. The third kappa shape index (κ3) is 3.22. The van der Waals surface area contributed by atoms with Crippen LogP contribution in [0.3, 0.4) is 0 Å². The lowest BCUT2D eigenvalue weighted by molar-refractivity contribution is 0.171. The van der Waals surface area contributed by atoms with Crippen LogP contribution in [-0.4, -0.2) is 45.5 Å². The van der Waals surface area contributed by atoms with Gasteiger partial charge in [0.05, 0.1) is 18.8 Å². The second kappa shape index (κ2) is 6.51. The van der Waals surface area contributed by atoms with E-state index in [1.54, 1.807) is 24.6 Å². The number of ether oxygens (including phenoxy) is 1. The fraction of sp³-hybridized carbons (Fsp3) is 0.375. The van der Waals surface area contributed by atoms with Crippen molar-refractivity contribution in [2.24, 2.45) is 0 Å². The van der Waals surface area contributed by atoms with Crippen LogP contribution in [0.25, 0.3) is 0 Å². The van der Waals surface area contributed by atoms with E-state index in [0.717, 1.165) is 18.0 Å². The zero-order valence-electron chi connectivity index (χ0n) is 13.2. The molecule has 1 aliphatic heterocycles. The van der Waals surface area contributed by atoms with Crippen molar-refractivity contribution in [3.05, 3.63) is 41.8 Å². The minimum atomic E-state index is -3.44. The number of hydrogen-bond acceptors (Lipinski definition) is 5. The molecule has 0 saturated heterocycles. The van der Waals surface area contributed by atoms with Gasteiger partial charge in [0, 0.05) is 13.6 Å². The first kappa shape index (κ1) is 16.3. The minimum Gasteiger partial charge on any atom is -0.485 e. The lowest BCUT2D eigenvalue weighted by atomic mass is 10.2. The summed E-state index contributed by atoms with van der Waals surface area (Å²) in [5.74, 6) is 0.813. The largest absolute Gasteiger partial charge is 0.485 e. The first-order chi connectivity index (χ1) is 11.0. The maximum atomic E-state index is 12.5. The minimum absolute atomic E-state index is 0.190. The number of fused-ring (bicyclic) bond motifs is 1. The molecule has 23 heavy (non-hydrogen) atoms. The maximum absolute atomic E-state index is 12.5. The zero-order chi connectivity index (χ0) is 16.4. The summed E-state index contributed by atoms with van der Waals surface area (Å²) in [6, 6.07) is 11.3. The molecule has 2 aromatic rings. The van der Waals surface area contributed by atoms with Gasteiger partial charge < -0.3 is 9.64 Å². The standard InChI is InChI=1S/C16H20N2O3S2/c1-3-18-12-13(21-15-8-5-4-7-14(15)18)11-17(2)23(19,20)16-9-6-10-22-16/h4-10,13H,3,11-12H2,1-2H3/t13-/m0/s1. The van der Waals surface area contributed by atoms with Crippen LogP contribution >= 0.6 is 11.3 Å². The number of hydrogen-bond donors (Lipinski definition) is 0. The van der Waals surface area contributed by atoms with Crippen LogP contribution in [-0.2, 0) is 10.0 Å². The molecular formula is C16H20N2O3S2. The van der Waals surface area contributed by atoms with Gasteiger partial charge in [0.25, 0.3) is 10.0 Å². The molecule has 0 fully saturated rings. The molecule has 2 heterocycles. The van der Waals surface area contributed by atoms with Crippen molar-refractivity contribution in [1.29, 1.82) is 0 Å². The Morgan fingerprint density at radius 3 is 2.78 bits per heavy atom. The van der Waals surface area contributed by atoms with Crippen LogP contribution in [0.4, 0.5) is 5.69 Å². The van der Waals surface area contributed by atoms with Crippen molar-refractivity contribution in [3.8, 4) is 5.75 Å². The summed E-state index contributed by atoms with van der Waals surface area (Å²) in [4.78, 5) is 2.22. The summed E-state index contributed by atoms with van der Waals surface area (Å²) in [6.07, 6.45) is -0.190. The first-order valence-corrected chi connectivity index (χ1v) is 9.85. The van der Waals surface area contributed by atoms with Gasteiger partial charge in [0.2, 0.25) is 0 Å². The van der Waals surface area contributed by atoms with Gasteiger partial charge in [-0.1, -0.05) is 18.2 Å². The number of nitrogens with zero attached hydrogens (tertiary/aromatic N) is 2. The van der Waals surface area contributed by atoms with Crippen LogP contribution in [0.1, 0.15) is 6.92 Å². The number of thiophene rings is 1. The van der Waals surface area contributed by atoms with Crippen molar-refractivity contribution in [2.75, 3.05) is 31.6 Å². The van der Waals surface area contributed by atoms with Crippen molar-refractivity contribution in [2.45, 2.75) is 17.2 Å². The van der Waals surface area contributed by atoms with Gasteiger partial charge in [-0.3, -0.25) is 0 Å². The summed E-state index contributed by atoms with van der Waals surface area (Å²) >= 11 is 1.23. The van der Waals surface area contributed by atoms with Crippen LogP contribution in [0, 0.1) is 0 Å². The third-order valence-electron chi connectivity index (χ3n) is 3.93. The smallest absolute Gasteiger partial charge is 0.252 e. The molecule has 5 nitrogen and oxygen atoms in total. The van der Waals surface area contributed by atoms with Gasteiger partial charge in [-0.2, -0.15) is 4.31 Å². The van der Waals surface area contributed by atoms with Gasteiger partial charge in [0.15, 0.2) is 0 Å². The molecule has 0 aliphatic carbocycles. The number of likely N-dealkylation sites (N-methyl/N-ethyl adjacent to an activating group) is 2. The highest BCUT2D eigenvalue weighted by Gasteiger charge is 2.30. The maximum Gasteiger partial charge on any atom is 0.252 e. The molecule has 1 aromatic heterocycles. The summed E-state index contributed by atoms with van der Waals surface area (Å²) in [7, 11) is -1.84. The van der Waals surface area contributed by atoms with Crippen molar-refractivity contribution in [1.82, 2.24) is 4.31 Å². The highest BCUT2D eigenvalue weighted by molar-refractivity contribution is 7.91. The van der Waals surface area contributed by atoms with E-state index >= 15 is 0 Å². The summed E-state index contributed by atoms with van der Waals surface area (Å²) in [6.45, 7) is 3.95. The molecule has 124 valence electrons. The Bertz CT molecular complexity index is 759. The average molecular weight is 352 g/mol. The Labute approximate surface area is 141 Å². The first-order valence-electron chi connectivity index (χ1n) is 7.53. The number of para-hydroxylation sites is 2. The zero-order valence-corrected chi connectivity index (χ0v) is 14.8. The number of sulfonamides is 1. The lowest BCUT2D eigenvalue weighted by Crippen LogP contribution is -2.46. The van der Waals surface area contributed by atoms with E-state index in [0.29, 0.717) is 17.3 Å². The van der Waals surface area contributed by atoms with E-state index < -0.39 is 10.0 Å². The Hall–Kier alpha value is -1.57. The van der Waals surface area contributed by atoms with Gasteiger partial charge in [-0.25, -0.2) is 8.42 Å². The number of anilines is 1. The predicted molar refractivity (Wildman–Crippen MR) is 92.9 cm³/mol. The quantitative estimate of drug-likeness (QED) is 0.830. The fourth-order valence-electron chi connectivity index (χ4n) is 2.72. The monoisotopic (exact) mass is 352 g/mol. The van der Waals surface area contributed by atoms with Crippen LogP contribution in [0.5, 0.6) is 5.75 Å². The Balaban J connectivity index is 1.77. The van der Waals surface area contributed by atoms with Crippen molar-refractivity contribution >= 4 is 27.0 Å². The van der Waals surface area contributed by atoms with E-state index in [4.69, 9.17) is 4.74 Å². The van der Waals surface area contributed by atoms with Gasteiger partial charge in [-0.05, 0) is 30.5 Å².